The zero-order valence-electron chi connectivity index (χ0n) is 9.26. The molecule has 1 aliphatic carbocycles. The second-order valence-corrected chi connectivity index (χ2v) is 4.65. The molecule has 0 bridgehead atoms. The summed E-state index contributed by atoms with van der Waals surface area (Å²) in [5, 5.41) is 0. The largest absolute Gasteiger partial charge is 0.0917 e. The number of allylic oxidation sites excluding steroid dienone is 2. The molecule has 0 aromatic carbocycles. The highest BCUT2D eigenvalue weighted by Gasteiger charge is 2.15. The lowest BCUT2D eigenvalue weighted by Gasteiger charge is -2.24. The van der Waals surface area contributed by atoms with E-state index in [2.05, 4.69) is 26.0 Å². The molecule has 0 spiro atoms. The van der Waals surface area contributed by atoms with Crippen molar-refractivity contribution < 1.29 is 0 Å². The molecular formula is C13H24. The average molecular weight is 180 g/mol. The van der Waals surface area contributed by atoms with Crippen molar-refractivity contribution in [1.29, 1.82) is 0 Å². The van der Waals surface area contributed by atoms with Crippen LogP contribution in [0.1, 0.15) is 58.8 Å². The molecule has 0 aromatic rings. The summed E-state index contributed by atoms with van der Waals surface area (Å²) in [5.74, 6) is 1.95. The third-order valence-electron chi connectivity index (χ3n) is 3.23. The van der Waals surface area contributed by atoms with Gasteiger partial charge in [-0.15, -0.1) is 0 Å². The zero-order chi connectivity index (χ0) is 9.52. The normalized spacial score (nSPS) is 22.3. The van der Waals surface area contributed by atoms with Crippen molar-refractivity contribution in [2.24, 2.45) is 11.8 Å². The second-order valence-electron chi connectivity index (χ2n) is 4.65. The van der Waals surface area contributed by atoms with Crippen LogP contribution in [-0.2, 0) is 0 Å². The highest BCUT2D eigenvalue weighted by atomic mass is 14.2. The molecule has 1 aliphatic rings. The molecule has 0 amide bonds. The van der Waals surface area contributed by atoms with Crippen LogP contribution in [-0.4, -0.2) is 0 Å². The maximum Gasteiger partial charge on any atom is -0.0325 e. The summed E-state index contributed by atoms with van der Waals surface area (Å²) in [6, 6.07) is 0. The number of rotatable bonds is 4. The number of hydrogen-bond acceptors (Lipinski definition) is 0. The number of hydrogen-bond donors (Lipinski definition) is 0. The summed E-state index contributed by atoms with van der Waals surface area (Å²) in [6.07, 6.45) is 14.7. The highest BCUT2D eigenvalue weighted by molar-refractivity contribution is 4.80. The first-order valence-electron chi connectivity index (χ1n) is 5.94. The molecule has 0 aliphatic heterocycles. The van der Waals surface area contributed by atoms with E-state index in [1.165, 1.54) is 44.9 Å². The van der Waals surface area contributed by atoms with Gasteiger partial charge < -0.3 is 0 Å². The minimum atomic E-state index is 0.902. The van der Waals surface area contributed by atoms with E-state index in [0.29, 0.717) is 0 Å². The van der Waals surface area contributed by atoms with Crippen molar-refractivity contribution in [2.45, 2.75) is 58.8 Å². The monoisotopic (exact) mass is 180 g/mol. The Kier molecular flexibility index (Phi) is 5.19. The van der Waals surface area contributed by atoms with Crippen LogP contribution < -0.4 is 0 Å². The maximum absolute atomic E-state index is 2.40. The van der Waals surface area contributed by atoms with Crippen LogP contribution in [0, 0.1) is 11.8 Å². The quantitative estimate of drug-likeness (QED) is 0.556. The Bertz CT molecular complexity index is 140. The molecule has 1 unspecified atom stereocenters. The van der Waals surface area contributed by atoms with Gasteiger partial charge >= 0.3 is 0 Å². The molecule has 0 saturated heterocycles. The van der Waals surface area contributed by atoms with E-state index in [9.17, 15) is 0 Å². The van der Waals surface area contributed by atoms with Gasteiger partial charge in [0.1, 0.15) is 0 Å². The fourth-order valence-electron chi connectivity index (χ4n) is 2.46. The van der Waals surface area contributed by atoms with Gasteiger partial charge in [0.15, 0.2) is 0 Å². The molecular weight excluding hydrogens is 156 g/mol. The molecule has 0 radical (unpaired) electrons. The summed E-state index contributed by atoms with van der Waals surface area (Å²) in [7, 11) is 0. The minimum absolute atomic E-state index is 0.902. The van der Waals surface area contributed by atoms with Crippen molar-refractivity contribution >= 4 is 0 Å². The van der Waals surface area contributed by atoms with Crippen LogP contribution >= 0.6 is 0 Å². The SMILES string of the molecule is CC=CCC(C)CC1CCCCC1. The van der Waals surface area contributed by atoms with Gasteiger partial charge in [-0.05, 0) is 31.6 Å². The summed E-state index contributed by atoms with van der Waals surface area (Å²) in [4.78, 5) is 0. The van der Waals surface area contributed by atoms with Gasteiger partial charge in [-0.1, -0.05) is 51.2 Å². The smallest absolute Gasteiger partial charge is 0.0325 e. The Morgan fingerprint density at radius 3 is 2.54 bits per heavy atom. The van der Waals surface area contributed by atoms with Gasteiger partial charge in [-0.25, -0.2) is 0 Å². The maximum atomic E-state index is 2.40. The topological polar surface area (TPSA) is 0 Å². The minimum Gasteiger partial charge on any atom is -0.0917 e. The van der Waals surface area contributed by atoms with E-state index in [1.807, 2.05) is 0 Å². The van der Waals surface area contributed by atoms with Crippen molar-refractivity contribution in [1.82, 2.24) is 0 Å². The fourth-order valence-corrected chi connectivity index (χ4v) is 2.46. The summed E-state index contributed by atoms with van der Waals surface area (Å²) in [6.45, 7) is 4.52. The van der Waals surface area contributed by atoms with E-state index < -0.39 is 0 Å². The molecule has 0 aromatic heterocycles. The Balaban J connectivity index is 2.14. The van der Waals surface area contributed by atoms with Gasteiger partial charge in [-0.3, -0.25) is 0 Å². The fraction of sp³-hybridized carbons (Fsp3) is 0.846. The van der Waals surface area contributed by atoms with Crippen LogP contribution in [0.3, 0.4) is 0 Å². The van der Waals surface area contributed by atoms with E-state index in [-0.39, 0.29) is 0 Å². The van der Waals surface area contributed by atoms with Gasteiger partial charge in [0, 0.05) is 0 Å². The van der Waals surface area contributed by atoms with Crippen LogP contribution in [0.15, 0.2) is 12.2 Å². The second kappa shape index (κ2) is 6.23. The van der Waals surface area contributed by atoms with E-state index in [0.717, 1.165) is 11.8 Å². The molecule has 76 valence electrons. The summed E-state index contributed by atoms with van der Waals surface area (Å²) < 4.78 is 0. The Hall–Kier alpha value is -0.260. The molecule has 1 atom stereocenters. The first-order valence-corrected chi connectivity index (χ1v) is 5.94. The Morgan fingerprint density at radius 2 is 1.92 bits per heavy atom. The lowest BCUT2D eigenvalue weighted by atomic mass is 9.82. The van der Waals surface area contributed by atoms with Crippen molar-refractivity contribution in [2.75, 3.05) is 0 Å². The third kappa shape index (κ3) is 4.50. The van der Waals surface area contributed by atoms with E-state index in [4.69, 9.17) is 0 Å². The molecule has 0 N–H and O–H groups in total. The van der Waals surface area contributed by atoms with Crippen molar-refractivity contribution in [3.05, 3.63) is 12.2 Å². The molecule has 0 heteroatoms. The lowest BCUT2D eigenvalue weighted by Crippen LogP contribution is -2.10. The predicted molar refractivity (Wildman–Crippen MR) is 59.8 cm³/mol. The van der Waals surface area contributed by atoms with Gasteiger partial charge in [0.25, 0.3) is 0 Å². The first kappa shape index (κ1) is 10.8. The summed E-state index contributed by atoms with van der Waals surface area (Å²) >= 11 is 0. The molecule has 1 rings (SSSR count). The highest BCUT2D eigenvalue weighted by Crippen LogP contribution is 2.29. The Labute approximate surface area is 83.4 Å². The van der Waals surface area contributed by atoms with E-state index >= 15 is 0 Å². The van der Waals surface area contributed by atoms with Crippen LogP contribution in [0.4, 0.5) is 0 Å². The van der Waals surface area contributed by atoms with Crippen molar-refractivity contribution in [3.8, 4) is 0 Å². The van der Waals surface area contributed by atoms with Crippen LogP contribution in [0.2, 0.25) is 0 Å². The van der Waals surface area contributed by atoms with Gasteiger partial charge in [0.05, 0.1) is 0 Å². The zero-order valence-corrected chi connectivity index (χ0v) is 9.26. The van der Waals surface area contributed by atoms with Crippen molar-refractivity contribution in [3.63, 3.8) is 0 Å². The van der Waals surface area contributed by atoms with Crippen LogP contribution in [0.25, 0.3) is 0 Å². The van der Waals surface area contributed by atoms with Gasteiger partial charge in [0.2, 0.25) is 0 Å². The molecule has 0 nitrogen and oxygen atoms in total. The predicted octanol–water partition coefficient (Wildman–Crippen LogP) is 4.56. The summed E-state index contributed by atoms with van der Waals surface area (Å²) in [5.41, 5.74) is 0. The molecule has 0 heterocycles. The molecule has 1 saturated carbocycles. The Morgan fingerprint density at radius 1 is 1.23 bits per heavy atom. The standard InChI is InChI=1S/C13H24/c1-3-4-8-12(2)11-13-9-6-5-7-10-13/h3-4,12-13H,5-11H2,1-2H3. The average Bonchev–Trinajstić information content (AvgIpc) is 2.16. The molecule has 1 fully saturated rings. The molecule has 13 heavy (non-hydrogen) atoms. The third-order valence-corrected chi connectivity index (χ3v) is 3.23. The first-order chi connectivity index (χ1) is 6.33. The van der Waals surface area contributed by atoms with E-state index in [1.54, 1.807) is 0 Å². The van der Waals surface area contributed by atoms with Crippen LogP contribution in [0.5, 0.6) is 0 Å². The lowest BCUT2D eigenvalue weighted by molar-refractivity contribution is 0.297. The van der Waals surface area contributed by atoms with Gasteiger partial charge in [-0.2, -0.15) is 0 Å².